The van der Waals surface area contributed by atoms with Gasteiger partial charge in [-0.1, -0.05) is 112 Å². The third kappa shape index (κ3) is 15.3. The van der Waals surface area contributed by atoms with E-state index in [0.29, 0.717) is 51.1 Å². The molecule has 368 valence electrons. The van der Waals surface area contributed by atoms with Gasteiger partial charge in [-0.05, 0) is 125 Å². The number of nitrogens with one attached hydrogen (secondary N) is 4. The second kappa shape index (κ2) is 25.6. The first-order chi connectivity index (χ1) is 34.7. The first-order valence-corrected chi connectivity index (χ1v) is 23.2. The molecular weight excluding hydrogens is 912 g/mol. The van der Waals surface area contributed by atoms with Crippen molar-refractivity contribution in [3.8, 4) is 23.0 Å². The molecule has 4 amide bonds. The van der Waals surface area contributed by atoms with Gasteiger partial charge in [0.25, 0.3) is 11.8 Å². The van der Waals surface area contributed by atoms with Crippen LogP contribution in [0, 0.1) is 5.82 Å². The average molecular weight is 969 g/mol. The molecule has 0 bridgehead atoms. The summed E-state index contributed by atoms with van der Waals surface area (Å²) in [4.78, 5) is 49.4. The van der Waals surface area contributed by atoms with E-state index in [0.717, 1.165) is 51.8 Å². The molecule has 0 aromatic heterocycles. The Morgan fingerprint density at radius 1 is 0.458 bits per heavy atom. The Kier molecular flexibility index (Phi) is 18.6. The van der Waals surface area contributed by atoms with Crippen molar-refractivity contribution in [1.29, 1.82) is 0 Å². The van der Waals surface area contributed by atoms with Crippen molar-refractivity contribution < 1.29 is 42.9 Å². The van der Waals surface area contributed by atoms with E-state index in [9.17, 15) is 28.7 Å². The summed E-state index contributed by atoms with van der Waals surface area (Å²) in [7, 11) is 0. The first kappa shape index (κ1) is 52.4. The molecule has 7 rings (SSSR count). The number of carbonyl (C=O) groups excluding carboxylic acids is 4. The predicted octanol–water partition coefficient (Wildman–Crippen LogP) is 13.2. The number of rotatable bonds is 19. The van der Waals surface area contributed by atoms with E-state index in [4.69, 9.17) is 14.2 Å². The maximum absolute atomic E-state index is 13.3. The molecule has 0 unspecified atom stereocenters. The second-order valence-electron chi connectivity index (χ2n) is 16.5. The number of halogens is 1. The molecule has 0 saturated carbocycles. The number of phenols is 1. The monoisotopic (exact) mass is 968 g/mol. The fourth-order valence-electron chi connectivity index (χ4n) is 6.98. The van der Waals surface area contributed by atoms with Crippen molar-refractivity contribution in [2.45, 2.75) is 60.4 Å². The van der Waals surface area contributed by atoms with Crippen LogP contribution in [-0.4, -0.2) is 28.7 Å². The molecule has 7 aromatic carbocycles. The summed E-state index contributed by atoms with van der Waals surface area (Å²) in [6.45, 7) is 15.6. The van der Waals surface area contributed by atoms with Crippen molar-refractivity contribution >= 4 is 57.5 Å². The third-order valence-corrected chi connectivity index (χ3v) is 11.0. The summed E-state index contributed by atoms with van der Waals surface area (Å²) < 4.78 is 31.3. The first-order valence-electron chi connectivity index (χ1n) is 23.2. The number of hydrogen-bond acceptors (Lipinski definition) is 8. The summed E-state index contributed by atoms with van der Waals surface area (Å²) >= 11 is 0. The van der Waals surface area contributed by atoms with Gasteiger partial charge < -0.3 is 40.6 Å². The van der Waals surface area contributed by atoms with Gasteiger partial charge in [0.15, 0.2) is 0 Å². The van der Waals surface area contributed by atoms with Crippen LogP contribution in [0.25, 0.3) is 11.1 Å². The molecule has 13 heteroatoms. The van der Waals surface area contributed by atoms with Crippen LogP contribution in [0.1, 0.15) is 89.1 Å². The average Bonchev–Trinajstić information content (AvgIpc) is 3.38. The number of carbonyl (C=O) groups is 4. The number of hydrogen-bond donors (Lipinski definition) is 5. The lowest BCUT2D eigenvalue weighted by atomic mass is 10.0. The predicted molar refractivity (Wildman–Crippen MR) is 283 cm³/mol. The zero-order valence-corrected chi connectivity index (χ0v) is 40.6. The lowest BCUT2D eigenvalue weighted by molar-refractivity contribution is -0.115. The smallest absolute Gasteiger partial charge is 0.255 e. The van der Waals surface area contributed by atoms with Gasteiger partial charge in [0, 0.05) is 25.0 Å². The Bertz CT molecular complexity index is 3050. The maximum Gasteiger partial charge on any atom is 0.255 e. The number of phenolic OH excluding ortho intramolecular Hbond substituents is 1. The van der Waals surface area contributed by atoms with Crippen molar-refractivity contribution in [2.24, 2.45) is 0 Å². The Morgan fingerprint density at radius 3 is 1.21 bits per heavy atom. The molecule has 0 radical (unpaired) electrons. The normalized spacial score (nSPS) is 10.4. The highest BCUT2D eigenvalue weighted by molar-refractivity contribution is 6.07. The van der Waals surface area contributed by atoms with Gasteiger partial charge >= 0.3 is 0 Å². The highest BCUT2D eigenvalue weighted by Crippen LogP contribution is 2.34. The molecule has 0 aliphatic heterocycles. The number of ether oxygens (including phenoxy) is 3. The van der Waals surface area contributed by atoms with Crippen LogP contribution in [0.4, 0.5) is 27.1 Å². The Balaban J connectivity index is 0.000000241. The molecule has 0 atom stereocenters. The van der Waals surface area contributed by atoms with Gasteiger partial charge in [-0.25, -0.2) is 4.39 Å². The van der Waals surface area contributed by atoms with Crippen LogP contribution in [0.2, 0.25) is 0 Å². The topological polar surface area (TPSA) is 164 Å². The second-order valence-corrected chi connectivity index (χ2v) is 16.5. The van der Waals surface area contributed by atoms with E-state index >= 15 is 0 Å². The number of anilines is 4. The van der Waals surface area contributed by atoms with Crippen molar-refractivity contribution in [3.05, 3.63) is 216 Å². The lowest BCUT2D eigenvalue weighted by Gasteiger charge is -2.16. The van der Waals surface area contributed by atoms with Gasteiger partial charge in [0.2, 0.25) is 11.8 Å². The zero-order chi connectivity index (χ0) is 51.6. The van der Waals surface area contributed by atoms with Crippen molar-refractivity contribution in [1.82, 2.24) is 0 Å². The van der Waals surface area contributed by atoms with E-state index < -0.39 is 5.91 Å². The molecule has 0 heterocycles. The molecule has 0 spiro atoms. The number of benzene rings is 7. The van der Waals surface area contributed by atoms with E-state index in [1.807, 2.05) is 86.6 Å². The molecule has 0 aliphatic rings. The van der Waals surface area contributed by atoms with E-state index in [2.05, 4.69) is 34.4 Å². The van der Waals surface area contributed by atoms with Gasteiger partial charge in [0.1, 0.15) is 48.6 Å². The Morgan fingerprint density at radius 2 is 0.806 bits per heavy atom. The van der Waals surface area contributed by atoms with E-state index in [1.54, 1.807) is 72.8 Å². The van der Waals surface area contributed by atoms with Crippen LogP contribution in [0.15, 0.2) is 171 Å². The highest BCUT2D eigenvalue weighted by atomic mass is 19.1. The molecule has 0 saturated heterocycles. The van der Waals surface area contributed by atoms with Gasteiger partial charge in [-0.3, -0.25) is 19.2 Å². The standard InChI is InChI=1S/C33H31FN2O4.C26H26N2O4/c1-4-22(2)26-12-16-30(31(18-26)40-21-25-10-14-28(34)15-11-25)36-33(38)27-13-17-29(35-23(3)37)32(19-27)39-20-24-8-6-5-7-9-24;1-4-17(2)20-10-12-22(24(30)14-20)28-26(31)21-11-13-23(27-18(3)29)25(15-21)32-16-19-8-6-5-7-9-19/h5-19H,2,4,20-21H2,1,3H3,(H,35,37)(H,36,38);5-15,30H,2,4,16H2,1,3H3,(H,27,29)(H,28,31). The maximum atomic E-state index is 13.3. The molecule has 5 N–H and O–H groups in total. The number of amides is 4. The summed E-state index contributed by atoms with van der Waals surface area (Å²) in [6.07, 6.45) is 1.52. The van der Waals surface area contributed by atoms with E-state index in [-0.39, 0.29) is 49.1 Å². The van der Waals surface area contributed by atoms with Gasteiger partial charge in [0.05, 0.1) is 22.7 Å². The van der Waals surface area contributed by atoms with Gasteiger partial charge in [-0.2, -0.15) is 0 Å². The summed E-state index contributed by atoms with van der Waals surface area (Å²) in [6, 6.07) is 45.3. The van der Waals surface area contributed by atoms with Crippen LogP contribution < -0.4 is 35.5 Å². The largest absolute Gasteiger partial charge is 0.506 e. The third-order valence-electron chi connectivity index (χ3n) is 11.0. The number of aromatic hydroxyl groups is 1. The molecular formula is C59H57FN4O8. The zero-order valence-electron chi connectivity index (χ0n) is 40.6. The van der Waals surface area contributed by atoms with Gasteiger partial charge in [-0.15, -0.1) is 0 Å². The Hall–Kier alpha value is -8.97. The quantitative estimate of drug-likeness (QED) is 0.0500. The molecule has 7 aromatic rings. The minimum Gasteiger partial charge on any atom is -0.506 e. The summed E-state index contributed by atoms with van der Waals surface area (Å²) in [5.41, 5.74) is 8.58. The summed E-state index contributed by atoms with van der Waals surface area (Å²) in [5.74, 6) is -0.460. The Labute approximate surface area is 419 Å². The van der Waals surface area contributed by atoms with Crippen LogP contribution in [-0.2, 0) is 29.4 Å². The SMILES string of the molecule is C=C(CC)c1ccc(NC(=O)c2ccc(NC(C)=O)c(OCc3ccccc3)c2)c(O)c1.C=C(CC)c1ccc(NC(=O)c2ccc(NC(C)=O)c(OCc3ccccc3)c2)c(OCc2ccc(F)cc2)c1. The lowest BCUT2D eigenvalue weighted by Crippen LogP contribution is -2.14. The van der Waals surface area contributed by atoms with E-state index in [1.165, 1.54) is 26.0 Å². The van der Waals surface area contributed by atoms with Crippen molar-refractivity contribution in [3.63, 3.8) is 0 Å². The molecule has 72 heavy (non-hydrogen) atoms. The molecule has 0 aliphatic carbocycles. The minimum atomic E-state index is -0.415. The van der Waals surface area contributed by atoms with Crippen LogP contribution in [0.3, 0.4) is 0 Å². The number of allylic oxidation sites excluding steroid dienone is 2. The van der Waals surface area contributed by atoms with Crippen LogP contribution in [0.5, 0.6) is 23.0 Å². The van der Waals surface area contributed by atoms with Crippen molar-refractivity contribution in [2.75, 3.05) is 21.3 Å². The highest BCUT2D eigenvalue weighted by Gasteiger charge is 2.17. The fraction of sp³-hybridized carbons (Fsp3) is 0.153. The molecule has 0 fully saturated rings. The van der Waals surface area contributed by atoms with Crippen LogP contribution >= 0.6 is 0 Å². The summed E-state index contributed by atoms with van der Waals surface area (Å²) in [5, 5.41) is 21.4. The molecule has 12 nitrogen and oxygen atoms in total. The minimum absolute atomic E-state index is 0.0409. The fourth-order valence-corrected chi connectivity index (χ4v) is 6.98.